The van der Waals surface area contributed by atoms with Gasteiger partial charge in [0.2, 0.25) is 0 Å². The number of nitrogens with zero attached hydrogens (tertiary/aromatic N) is 3. The van der Waals surface area contributed by atoms with E-state index in [0.29, 0.717) is 0 Å². The maximum atomic E-state index is 11.8. The molecule has 1 unspecified atom stereocenters. The van der Waals surface area contributed by atoms with Crippen molar-refractivity contribution in [3.8, 4) is 0 Å². The van der Waals surface area contributed by atoms with Crippen molar-refractivity contribution in [2.45, 2.75) is 19.3 Å². The van der Waals surface area contributed by atoms with Gasteiger partial charge in [0.25, 0.3) is 0 Å². The van der Waals surface area contributed by atoms with Crippen LogP contribution in [0.2, 0.25) is 0 Å². The molecule has 0 amide bonds. The van der Waals surface area contributed by atoms with Gasteiger partial charge in [-0.2, -0.15) is 13.2 Å². The molecular formula is C6H12F3N5. The van der Waals surface area contributed by atoms with Crippen molar-refractivity contribution in [1.29, 1.82) is 0 Å². The maximum absolute atomic E-state index is 11.8. The summed E-state index contributed by atoms with van der Waals surface area (Å²) in [6.07, 6.45) is -3.27. The van der Waals surface area contributed by atoms with Crippen molar-refractivity contribution in [1.82, 2.24) is 21.0 Å². The summed E-state index contributed by atoms with van der Waals surface area (Å²) < 4.78 is 35.5. The van der Waals surface area contributed by atoms with Crippen LogP contribution in [0.5, 0.6) is 0 Å². The van der Waals surface area contributed by atoms with Gasteiger partial charge in [-0.3, -0.25) is 10.3 Å². The van der Waals surface area contributed by atoms with Crippen molar-refractivity contribution >= 4 is 6.34 Å². The smallest absolute Gasteiger partial charge is 0.288 e. The van der Waals surface area contributed by atoms with Crippen molar-refractivity contribution in [3.05, 3.63) is 0 Å². The molecular weight excluding hydrogens is 199 g/mol. The molecule has 0 aliphatic carbocycles. The van der Waals surface area contributed by atoms with E-state index in [4.69, 9.17) is 0 Å². The monoisotopic (exact) mass is 211 g/mol. The quantitative estimate of drug-likeness (QED) is 0.694. The van der Waals surface area contributed by atoms with Crippen LogP contribution in [0.1, 0.15) is 6.92 Å². The molecule has 0 bridgehead atoms. The van der Waals surface area contributed by atoms with Gasteiger partial charge in [-0.15, -0.1) is 10.6 Å². The molecule has 1 atom stereocenters. The molecule has 1 heterocycles. The minimum Gasteiger partial charge on any atom is -0.288 e. The number of nitrogens with one attached hydrogen (secondary N) is 2. The van der Waals surface area contributed by atoms with Crippen LogP contribution in [0.15, 0.2) is 5.10 Å². The van der Waals surface area contributed by atoms with Crippen molar-refractivity contribution < 1.29 is 13.2 Å². The number of hydrogen-bond acceptors (Lipinski definition) is 5. The SMILES string of the molecule is CC(NCC(F)(F)F)N1C=NN(C)N1. The van der Waals surface area contributed by atoms with Gasteiger partial charge in [0.05, 0.1) is 12.7 Å². The molecule has 0 aromatic heterocycles. The van der Waals surface area contributed by atoms with Crippen molar-refractivity contribution in [2.75, 3.05) is 13.6 Å². The molecule has 1 aliphatic rings. The van der Waals surface area contributed by atoms with E-state index in [0.717, 1.165) is 0 Å². The fraction of sp³-hybridized carbons (Fsp3) is 0.833. The van der Waals surface area contributed by atoms with E-state index in [1.165, 1.54) is 16.5 Å². The van der Waals surface area contributed by atoms with Gasteiger partial charge in [0, 0.05) is 7.05 Å². The largest absolute Gasteiger partial charge is 0.401 e. The third-order valence-electron chi connectivity index (χ3n) is 1.62. The Kier molecular flexibility index (Phi) is 3.17. The lowest BCUT2D eigenvalue weighted by Crippen LogP contribution is -2.52. The van der Waals surface area contributed by atoms with Gasteiger partial charge in [-0.25, -0.2) is 5.12 Å². The van der Waals surface area contributed by atoms with Crippen LogP contribution in [-0.4, -0.2) is 42.4 Å². The number of rotatable bonds is 3. The van der Waals surface area contributed by atoms with Crippen LogP contribution >= 0.6 is 0 Å². The minimum absolute atomic E-state index is 0.481. The molecule has 0 saturated carbocycles. The average molecular weight is 211 g/mol. The van der Waals surface area contributed by atoms with Crippen LogP contribution in [0.25, 0.3) is 0 Å². The Labute approximate surface area is 79.5 Å². The second kappa shape index (κ2) is 4.01. The van der Waals surface area contributed by atoms with E-state index in [1.807, 2.05) is 0 Å². The Hall–Kier alpha value is -1.02. The van der Waals surface area contributed by atoms with Gasteiger partial charge in [-0.05, 0) is 6.92 Å². The van der Waals surface area contributed by atoms with E-state index < -0.39 is 18.9 Å². The fourth-order valence-corrected chi connectivity index (χ4v) is 0.900. The molecule has 1 rings (SSSR count). The first-order chi connectivity index (χ1) is 6.38. The fourth-order valence-electron chi connectivity index (χ4n) is 0.900. The second-order valence-corrected chi connectivity index (χ2v) is 2.93. The first-order valence-corrected chi connectivity index (χ1v) is 4.01. The molecule has 14 heavy (non-hydrogen) atoms. The number of alkyl halides is 3. The number of halogens is 3. The van der Waals surface area contributed by atoms with Crippen LogP contribution in [0, 0.1) is 0 Å². The van der Waals surface area contributed by atoms with E-state index in [2.05, 4.69) is 16.0 Å². The molecule has 2 N–H and O–H groups in total. The molecule has 0 fully saturated rings. The van der Waals surface area contributed by atoms with Crippen LogP contribution < -0.4 is 10.9 Å². The predicted molar refractivity (Wildman–Crippen MR) is 44.7 cm³/mol. The van der Waals surface area contributed by atoms with Gasteiger partial charge in [0.1, 0.15) is 6.34 Å². The third-order valence-corrected chi connectivity index (χ3v) is 1.62. The zero-order valence-electron chi connectivity index (χ0n) is 7.84. The second-order valence-electron chi connectivity index (χ2n) is 2.93. The summed E-state index contributed by atoms with van der Waals surface area (Å²) in [5.74, 6) is 0. The Morgan fingerprint density at radius 2 is 2.21 bits per heavy atom. The lowest BCUT2D eigenvalue weighted by Gasteiger charge is -2.25. The zero-order valence-corrected chi connectivity index (χ0v) is 7.84. The molecule has 0 saturated heterocycles. The number of hydrogen-bond donors (Lipinski definition) is 2. The average Bonchev–Trinajstić information content (AvgIpc) is 2.46. The standard InChI is InChI=1S/C6H12F3N5/c1-5(10-3-6(7,8)9)14-4-11-13(2)12-14/h4-5,10,12H,3H2,1-2H3. The first-order valence-electron chi connectivity index (χ1n) is 4.01. The Morgan fingerprint density at radius 3 is 2.64 bits per heavy atom. The number of hydrazine groups is 2. The van der Waals surface area contributed by atoms with Crippen LogP contribution in [0.3, 0.4) is 0 Å². The third kappa shape index (κ3) is 3.38. The van der Waals surface area contributed by atoms with Gasteiger partial charge < -0.3 is 0 Å². The van der Waals surface area contributed by atoms with Crippen molar-refractivity contribution in [3.63, 3.8) is 0 Å². The van der Waals surface area contributed by atoms with Gasteiger partial charge in [0.15, 0.2) is 0 Å². The molecule has 0 spiro atoms. The van der Waals surface area contributed by atoms with Crippen LogP contribution in [-0.2, 0) is 0 Å². The maximum Gasteiger partial charge on any atom is 0.401 e. The molecule has 82 valence electrons. The molecule has 0 radical (unpaired) electrons. The molecule has 8 heteroatoms. The summed E-state index contributed by atoms with van der Waals surface area (Å²) in [5.41, 5.74) is 2.70. The minimum atomic E-state index is -4.20. The summed E-state index contributed by atoms with van der Waals surface area (Å²) in [6.45, 7) is 0.577. The van der Waals surface area contributed by atoms with Gasteiger partial charge in [-0.1, -0.05) is 0 Å². The highest BCUT2D eigenvalue weighted by molar-refractivity contribution is 5.55. The normalized spacial score (nSPS) is 19.2. The Balaban J connectivity index is 2.29. The van der Waals surface area contributed by atoms with E-state index >= 15 is 0 Å². The summed E-state index contributed by atoms with van der Waals surface area (Å²) in [5, 5.41) is 8.92. The number of hydrazone groups is 1. The van der Waals surface area contributed by atoms with E-state index in [9.17, 15) is 13.2 Å². The predicted octanol–water partition coefficient (Wildman–Crippen LogP) is 0.0946. The highest BCUT2D eigenvalue weighted by Crippen LogP contribution is 2.12. The molecule has 1 aliphatic heterocycles. The van der Waals surface area contributed by atoms with Crippen molar-refractivity contribution in [2.24, 2.45) is 5.10 Å². The Morgan fingerprint density at radius 1 is 1.57 bits per heavy atom. The lowest BCUT2D eigenvalue weighted by molar-refractivity contribution is -0.128. The van der Waals surface area contributed by atoms with E-state index in [-0.39, 0.29) is 0 Å². The van der Waals surface area contributed by atoms with Crippen LogP contribution in [0.4, 0.5) is 13.2 Å². The summed E-state index contributed by atoms with van der Waals surface area (Å²) in [4.78, 5) is 0. The zero-order chi connectivity index (χ0) is 10.8. The Bertz CT molecular complexity index is 216. The lowest BCUT2D eigenvalue weighted by atomic mass is 10.5. The summed E-state index contributed by atoms with van der Waals surface area (Å²) in [6, 6.07) is 0. The summed E-state index contributed by atoms with van der Waals surface area (Å²) in [7, 11) is 1.65. The van der Waals surface area contributed by atoms with Gasteiger partial charge >= 0.3 is 6.18 Å². The molecule has 0 aromatic carbocycles. The molecule has 5 nitrogen and oxygen atoms in total. The highest BCUT2D eigenvalue weighted by Gasteiger charge is 2.28. The summed E-state index contributed by atoms with van der Waals surface area (Å²) >= 11 is 0. The van der Waals surface area contributed by atoms with E-state index in [1.54, 1.807) is 14.0 Å². The topological polar surface area (TPSA) is 42.9 Å². The molecule has 0 aromatic rings. The highest BCUT2D eigenvalue weighted by atomic mass is 19.4. The first kappa shape index (κ1) is 11.1.